The van der Waals surface area contributed by atoms with Gasteiger partial charge in [0.1, 0.15) is 6.61 Å². The number of fused-ring (bicyclic) bond motifs is 1. The Labute approximate surface area is 198 Å². The number of carbonyl (C=O) groups excluding carboxylic acids is 1. The molecule has 0 aliphatic carbocycles. The number of carbonyl (C=O) groups is 1. The van der Waals surface area contributed by atoms with Crippen LogP contribution < -0.4 is 14.8 Å². The van der Waals surface area contributed by atoms with Gasteiger partial charge in [-0.25, -0.2) is 0 Å². The fourth-order valence-corrected chi connectivity index (χ4v) is 4.35. The Balaban J connectivity index is 1.66. The Kier molecular flexibility index (Phi) is 6.56. The summed E-state index contributed by atoms with van der Waals surface area (Å²) in [6.45, 7) is 2.62. The summed E-state index contributed by atoms with van der Waals surface area (Å²) in [5.74, 6) is 1.000. The van der Waals surface area contributed by atoms with E-state index in [0.717, 1.165) is 22.4 Å². The van der Waals surface area contributed by atoms with Crippen LogP contribution in [0.5, 0.6) is 11.5 Å². The van der Waals surface area contributed by atoms with Crippen molar-refractivity contribution in [3.63, 3.8) is 0 Å². The fourth-order valence-electron chi connectivity index (χ4n) is 3.31. The van der Waals surface area contributed by atoms with Gasteiger partial charge in [-0.15, -0.1) is 0 Å². The van der Waals surface area contributed by atoms with Crippen molar-refractivity contribution < 1.29 is 14.3 Å². The van der Waals surface area contributed by atoms with E-state index >= 15 is 0 Å². The van der Waals surface area contributed by atoms with Crippen molar-refractivity contribution in [3.05, 3.63) is 85.8 Å². The van der Waals surface area contributed by atoms with Crippen LogP contribution in [0.1, 0.15) is 23.6 Å². The number of nitrogens with one attached hydrogen (secondary N) is 1. The minimum atomic E-state index is -0.131. The molecule has 3 aromatic carbocycles. The Morgan fingerprint density at radius 1 is 1.06 bits per heavy atom. The van der Waals surface area contributed by atoms with Crippen molar-refractivity contribution in [1.82, 2.24) is 0 Å². The van der Waals surface area contributed by atoms with Crippen LogP contribution in [0, 0.1) is 0 Å². The third-order valence-electron chi connectivity index (χ3n) is 4.74. The fraction of sp³-hybridized carbons (Fsp3) is 0.125. The van der Waals surface area contributed by atoms with Crippen LogP contribution in [0.15, 0.2) is 59.1 Å². The summed E-state index contributed by atoms with van der Waals surface area (Å²) < 4.78 is 12.6. The molecule has 3 aromatic rings. The van der Waals surface area contributed by atoms with Crippen LogP contribution in [0.4, 0.5) is 5.69 Å². The van der Waals surface area contributed by atoms with Gasteiger partial charge in [-0.3, -0.25) is 4.79 Å². The zero-order chi connectivity index (χ0) is 22.0. The molecule has 31 heavy (non-hydrogen) atoms. The second-order valence-corrected chi connectivity index (χ2v) is 8.54. The average Bonchev–Trinajstić information content (AvgIpc) is 3.04. The molecule has 7 heteroatoms. The van der Waals surface area contributed by atoms with E-state index in [0.29, 0.717) is 38.2 Å². The average molecular weight is 519 g/mol. The maximum Gasteiger partial charge on any atom is 0.256 e. The zero-order valence-corrected chi connectivity index (χ0v) is 19.6. The predicted octanol–water partition coefficient (Wildman–Crippen LogP) is 7.23. The summed E-state index contributed by atoms with van der Waals surface area (Å²) in [4.78, 5) is 12.4. The first-order chi connectivity index (χ1) is 15.0. The maximum atomic E-state index is 12.4. The molecule has 0 aromatic heterocycles. The minimum absolute atomic E-state index is 0.131. The lowest BCUT2D eigenvalue weighted by Crippen LogP contribution is -2.04. The molecular weight excluding hydrogens is 501 g/mol. The van der Waals surface area contributed by atoms with E-state index in [1.54, 1.807) is 12.1 Å². The summed E-state index contributed by atoms with van der Waals surface area (Å²) >= 11 is 15.8. The maximum absolute atomic E-state index is 12.4. The van der Waals surface area contributed by atoms with Crippen LogP contribution in [0.25, 0.3) is 11.6 Å². The van der Waals surface area contributed by atoms with Crippen LogP contribution in [0.3, 0.4) is 0 Å². The van der Waals surface area contributed by atoms with Gasteiger partial charge in [0.25, 0.3) is 5.91 Å². The second kappa shape index (κ2) is 9.35. The van der Waals surface area contributed by atoms with Crippen LogP contribution in [0.2, 0.25) is 10.0 Å². The zero-order valence-electron chi connectivity index (χ0n) is 16.5. The van der Waals surface area contributed by atoms with Crippen molar-refractivity contribution >= 4 is 62.4 Å². The van der Waals surface area contributed by atoms with Crippen LogP contribution in [-0.4, -0.2) is 12.5 Å². The van der Waals surface area contributed by atoms with Crippen molar-refractivity contribution in [2.24, 2.45) is 0 Å². The van der Waals surface area contributed by atoms with E-state index in [2.05, 4.69) is 21.2 Å². The molecule has 158 valence electrons. The van der Waals surface area contributed by atoms with Crippen molar-refractivity contribution in [2.45, 2.75) is 13.5 Å². The predicted molar refractivity (Wildman–Crippen MR) is 129 cm³/mol. The molecule has 0 atom stereocenters. The standard InChI is InChI=1S/C24H18BrCl2NO3/c1-2-30-22-11-14(9-18-17-5-3-4-6-21(17)28-24(18)29)10-19(25)23(22)31-13-15-7-8-16(26)12-20(15)27/h3-12H,2,13H2,1H3,(H,28,29)/b18-9-. The molecule has 4 nitrogen and oxygen atoms in total. The third-order valence-corrected chi connectivity index (χ3v) is 5.92. The molecule has 0 radical (unpaired) electrons. The lowest BCUT2D eigenvalue weighted by Gasteiger charge is -2.15. The lowest BCUT2D eigenvalue weighted by molar-refractivity contribution is -0.110. The minimum Gasteiger partial charge on any atom is -0.490 e. The van der Waals surface area contributed by atoms with Gasteiger partial charge in [0.15, 0.2) is 11.5 Å². The normalized spacial score (nSPS) is 13.8. The lowest BCUT2D eigenvalue weighted by atomic mass is 10.0. The Morgan fingerprint density at radius 2 is 1.87 bits per heavy atom. The first-order valence-corrected chi connectivity index (χ1v) is 11.2. The van der Waals surface area contributed by atoms with Gasteiger partial charge in [-0.1, -0.05) is 47.5 Å². The highest BCUT2D eigenvalue weighted by atomic mass is 79.9. The quantitative estimate of drug-likeness (QED) is 0.350. The number of ether oxygens (including phenoxy) is 2. The van der Waals surface area contributed by atoms with Crippen LogP contribution >= 0.6 is 39.1 Å². The number of rotatable bonds is 6. The third kappa shape index (κ3) is 4.74. The highest BCUT2D eigenvalue weighted by Gasteiger charge is 2.23. The van der Waals surface area contributed by atoms with Gasteiger partial charge in [-0.2, -0.15) is 0 Å². The van der Waals surface area contributed by atoms with Gasteiger partial charge >= 0.3 is 0 Å². The molecule has 0 fully saturated rings. The molecule has 0 saturated heterocycles. The first kappa shape index (κ1) is 21.8. The first-order valence-electron chi connectivity index (χ1n) is 9.61. The highest BCUT2D eigenvalue weighted by molar-refractivity contribution is 9.10. The molecule has 1 aliphatic heterocycles. The van der Waals surface area contributed by atoms with Gasteiger partial charge in [-0.05, 0) is 64.8 Å². The molecule has 4 rings (SSSR count). The number of halogens is 3. The molecule has 1 heterocycles. The molecule has 0 bridgehead atoms. The van der Waals surface area contributed by atoms with Crippen molar-refractivity contribution in [2.75, 3.05) is 11.9 Å². The van der Waals surface area contributed by atoms with Gasteiger partial charge in [0.05, 0.1) is 11.1 Å². The number of para-hydroxylation sites is 1. The molecule has 0 unspecified atom stereocenters. The summed E-state index contributed by atoms with van der Waals surface area (Å²) in [6, 6.07) is 16.6. The van der Waals surface area contributed by atoms with E-state index in [1.165, 1.54) is 0 Å². The SMILES string of the molecule is CCOc1cc(/C=C2\C(=O)Nc3ccccc32)cc(Br)c1OCc1ccc(Cl)cc1Cl. The molecule has 1 N–H and O–H groups in total. The van der Waals surface area contributed by atoms with E-state index in [4.69, 9.17) is 32.7 Å². The molecule has 1 amide bonds. The number of hydrogen-bond acceptors (Lipinski definition) is 3. The smallest absolute Gasteiger partial charge is 0.256 e. The largest absolute Gasteiger partial charge is 0.490 e. The van der Waals surface area contributed by atoms with Crippen molar-refractivity contribution in [1.29, 1.82) is 0 Å². The summed E-state index contributed by atoms with van der Waals surface area (Å²) in [5.41, 5.74) is 3.91. The van der Waals surface area contributed by atoms with Gasteiger partial charge in [0, 0.05) is 32.4 Å². The Bertz CT molecular complexity index is 1190. The Morgan fingerprint density at radius 3 is 2.65 bits per heavy atom. The molecule has 0 saturated carbocycles. The monoisotopic (exact) mass is 517 g/mol. The van der Waals surface area contributed by atoms with E-state index < -0.39 is 0 Å². The molecular formula is C24H18BrCl2NO3. The number of hydrogen-bond donors (Lipinski definition) is 1. The summed E-state index contributed by atoms with van der Waals surface area (Å²) in [7, 11) is 0. The summed E-state index contributed by atoms with van der Waals surface area (Å²) in [6.07, 6.45) is 1.84. The highest BCUT2D eigenvalue weighted by Crippen LogP contribution is 2.40. The number of amides is 1. The molecule has 1 aliphatic rings. The molecule has 0 spiro atoms. The van der Waals surface area contributed by atoms with Crippen LogP contribution in [-0.2, 0) is 11.4 Å². The van der Waals surface area contributed by atoms with Gasteiger partial charge in [0.2, 0.25) is 0 Å². The van der Waals surface area contributed by atoms with Gasteiger partial charge < -0.3 is 14.8 Å². The second-order valence-electron chi connectivity index (χ2n) is 6.85. The van der Waals surface area contributed by atoms with Crippen molar-refractivity contribution in [3.8, 4) is 11.5 Å². The summed E-state index contributed by atoms with van der Waals surface area (Å²) in [5, 5.41) is 3.99. The number of anilines is 1. The van der Waals surface area contributed by atoms with E-state index in [9.17, 15) is 4.79 Å². The number of benzene rings is 3. The topological polar surface area (TPSA) is 47.6 Å². The van der Waals surface area contributed by atoms with E-state index in [1.807, 2.05) is 55.5 Å². The Hall–Kier alpha value is -2.47. The van der Waals surface area contributed by atoms with E-state index in [-0.39, 0.29) is 12.5 Å².